The van der Waals surface area contributed by atoms with E-state index in [1.165, 1.54) is 31.4 Å². The van der Waals surface area contributed by atoms with Crippen molar-refractivity contribution in [2.45, 2.75) is 18.7 Å². The Labute approximate surface area is 139 Å². The summed E-state index contributed by atoms with van der Waals surface area (Å²) in [5.74, 6) is 0.975. The van der Waals surface area contributed by atoms with Crippen molar-refractivity contribution >= 4 is 15.5 Å². The molecule has 128 valence electrons. The van der Waals surface area contributed by atoms with Crippen LogP contribution in [0.4, 0.5) is 5.69 Å². The van der Waals surface area contributed by atoms with Crippen molar-refractivity contribution in [2.24, 2.45) is 0 Å². The van der Waals surface area contributed by atoms with E-state index in [0.717, 1.165) is 6.26 Å². The number of benzene rings is 2. The highest BCUT2D eigenvalue weighted by Crippen LogP contribution is 2.35. The van der Waals surface area contributed by atoms with Gasteiger partial charge in [-0.05, 0) is 37.1 Å². The van der Waals surface area contributed by atoms with Gasteiger partial charge in [-0.2, -0.15) is 0 Å². The van der Waals surface area contributed by atoms with Crippen molar-refractivity contribution < 1.29 is 22.8 Å². The van der Waals surface area contributed by atoms with Gasteiger partial charge in [-0.15, -0.1) is 0 Å². The maximum Gasteiger partial charge on any atom is 0.270 e. The molecule has 0 aromatic heterocycles. The van der Waals surface area contributed by atoms with E-state index in [9.17, 15) is 18.5 Å². The monoisotopic (exact) mass is 351 g/mol. The first-order valence-corrected chi connectivity index (χ1v) is 8.84. The van der Waals surface area contributed by atoms with E-state index in [1.807, 2.05) is 0 Å². The third-order valence-corrected chi connectivity index (χ3v) is 4.53. The Morgan fingerprint density at radius 1 is 1.08 bits per heavy atom. The average Bonchev–Trinajstić information content (AvgIpc) is 2.49. The third-order valence-electron chi connectivity index (χ3n) is 3.41. The first-order chi connectivity index (χ1) is 11.1. The van der Waals surface area contributed by atoms with Crippen molar-refractivity contribution in [3.05, 3.63) is 51.6 Å². The Morgan fingerprint density at radius 3 is 2.12 bits per heavy atom. The zero-order valence-electron chi connectivity index (χ0n) is 13.7. The summed E-state index contributed by atoms with van der Waals surface area (Å²) in [6.07, 6.45) is 1.08. The molecule has 0 aliphatic carbocycles. The van der Waals surface area contributed by atoms with Crippen LogP contribution in [0.25, 0.3) is 0 Å². The minimum absolute atomic E-state index is 0.0136. The summed E-state index contributed by atoms with van der Waals surface area (Å²) in [4.78, 5) is 10.4. The van der Waals surface area contributed by atoms with Gasteiger partial charge >= 0.3 is 0 Å². The highest BCUT2D eigenvalue weighted by Gasteiger charge is 2.18. The molecule has 2 aromatic carbocycles. The standard InChI is InChI=1S/C16H17NO6S/c1-10-7-12(17(18)19)8-11(2)16(10)23-13-5-6-14(22-3)15(9-13)24(4,20)21/h5-9H,1-4H3. The van der Waals surface area contributed by atoms with Crippen LogP contribution in [0.2, 0.25) is 0 Å². The number of hydrogen-bond donors (Lipinski definition) is 0. The summed E-state index contributed by atoms with van der Waals surface area (Å²) >= 11 is 0. The van der Waals surface area contributed by atoms with Gasteiger partial charge in [0.1, 0.15) is 22.1 Å². The van der Waals surface area contributed by atoms with Crippen LogP contribution in [-0.4, -0.2) is 26.7 Å². The largest absolute Gasteiger partial charge is 0.495 e. The van der Waals surface area contributed by atoms with E-state index >= 15 is 0 Å². The molecule has 0 saturated carbocycles. The maximum absolute atomic E-state index is 11.9. The van der Waals surface area contributed by atoms with Crippen LogP contribution in [0.5, 0.6) is 17.2 Å². The number of rotatable bonds is 5. The fourth-order valence-corrected chi connectivity index (χ4v) is 3.17. The van der Waals surface area contributed by atoms with Gasteiger partial charge in [0.05, 0.1) is 12.0 Å². The van der Waals surface area contributed by atoms with E-state index in [-0.39, 0.29) is 16.3 Å². The molecule has 0 saturated heterocycles. The van der Waals surface area contributed by atoms with Crippen LogP contribution in [0.15, 0.2) is 35.2 Å². The summed E-state index contributed by atoms with van der Waals surface area (Å²) in [6, 6.07) is 7.26. The second-order valence-corrected chi connectivity index (χ2v) is 7.34. The van der Waals surface area contributed by atoms with Gasteiger partial charge in [-0.1, -0.05) is 0 Å². The summed E-state index contributed by atoms with van der Waals surface area (Å²) in [6.45, 7) is 3.38. The Morgan fingerprint density at radius 2 is 1.67 bits per heavy atom. The normalized spacial score (nSPS) is 11.2. The van der Waals surface area contributed by atoms with Crippen molar-refractivity contribution in [3.63, 3.8) is 0 Å². The summed E-state index contributed by atoms with van der Waals surface area (Å²) in [5.41, 5.74) is 1.14. The minimum atomic E-state index is -3.49. The summed E-state index contributed by atoms with van der Waals surface area (Å²) in [7, 11) is -2.11. The molecule has 0 aliphatic heterocycles. The summed E-state index contributed by atoms with van der Waals surface area (Å²) in [5, 5.41) is 10.9. The van der Waals surface area contributed by atoms with Crippen molar-refractivity contribution in [1.82, 2.24) is 0 Å². The number of methoxy groups -OCH3 is 1. The van der Waals surface area contributed by atoms with Gasteiger partial charge in [0, 0.05) is 24.5 Å². The predicted octanol–water partition coefficient (Wildman–Crippen LogP) is 3.42. The molecule has 0 aliphatic rings. The molecule has 2 rings (SSSR count). The lowest BCUT2D eigenvalue weighted by atomic mass is 10.1. The molecule has 8 heteroatoms. The number of aryl methyl sites for hydroxylation is 2. The Kier molecular flexibility index (Phi) is 4.79. The number of hydrogen-bond acceptors (Lipinski definition) is 6. The zero-order chi connectivity index (χ0) is 18.1. The maximum atomic E-state index is 11.9. The number of non-ortho nitro benzene ring substituents is 1. The lowest BCUT2D eigenvalue weighted by molar-refractivity contribution is -0.385. The Hall–Kier alpha value is -2.61. The molecule has 0 unspecified atom stereocenters. The van der Waals surface area contributed by atoms with Gasteiger partial charge in [-0.3, -0.25) is 10.1 Å². The Bertz CT molecular complexity index is 882. The molecular weight excluding hydrogens is 334 g/mol. The number of nitro benzene ring substituents is 1. The van der Waals surface area contributed by atoms with Crippen LogP contribution in [0.1, 0.15) is 11.1 Å². The quantitative estimate of drug-likeness (QED) is 0.605. The molecule has 0 bridgehead atoms. The highest BCUT2D eigenvalue weighted by atomic mass is 32.2. The molecule has 0 amide bonds. The Balaban J connectivity index is 2.48. The predicted molar refractivity (Wildman–Crippen MR) is 88.7 cm³/mol. The third kappa shape index (κ3) is 3.65. The molecule has 0 radical (unpaired) electrons. The SMILES string of the molecule is COc1ccc(Oc2c(C)cc([N+](=O)[O-])cc2C)cc1S(C)(=O)=O. The van der Waals surface area contributed by atoms with Gasteiger partial charge in [-0.25, -0.2) is 8.42 Å². The lowest BCUT2D eigenvalue weighted by Crippen LogP contribution is -2.01. The molecule has 0 N–H and O–H groups in total. The van der Waals surface area contributed by atoms with Gasteiger partial charge < -0.3 is 9.47 Å². The van der Waals surface area contributed by atoms with Crippen LogP contribution in [0.3, 0.4) is 0 Å². The van der Waals surface area contributed by atoms with Gasteiger partial charge in [0.15, 0.2) is 9.84 Å². The molecule has 0 spiro atoms. The summed E-state index contributed by atoms with van der Waals surface area (Å²) < 4.78 is 34.5. The highest BCUT2D eigenvalue weighted by molar-refractivity contribution is 7.90. The van der Waals surface area contributed by atoms with Crippen molar-refractivity contribution in [3.8, 4) is 17.2 Å². The number of ether oxygens (including phenoxy) is 2. The van der Waals surface area contributed by atoms with Crippen molar-refractivity contribution in [2.75, 3.05) is 13.4 Å². The second-order valence-electron chi connectivity index (χ2n) is 5.35. The lowest BCUT2D eigenvalue weighted by Gasteiger charge is -2.14. The number of sulfone groups is 1. The number of nitrogens with zero attached hydrogens (tertiary/aromatic N) is 1. The number of nitro groups is 1. The van der Waals surface area contributed by atoms with Crippen LogP contribution >= 0.6 is 0 Å². The van der Waals surface area contributed by atoms with Crippen LogP contribution in [0, 0.1) is 24.0 Å². The van der Waals surface area contributed by atoms with E-state index in [0.29, 0.717) is 22.6 Å². The molecule has 2 aromatic rings. The average molecular weight is 351 g/mol. The minimum Gasteiger partial charge on any atom is -0.495 e. The van der Waals surface area contributed by atoms with Gasteiger partial charge in [0.25, 0.3) is 5.69 Å². The fraction of sp³-hybridized carbons (Fsp3) is 0.250. The van der Waals surface area contributed by atoms with E-state index in [1.54, 1.807) is 19.9 Å². The van der Waals surface area contributed by atoms with Crippen LogP contribution < -0.4 is 9.47 Å². The molecule has 7 nitrogen and oxygen atoms in total. The molecule has 0 heterocycles. The molecule has 0 fully saturated rings. The smallest absolute Gasteiger partial charge is 0.270 e. The van der Waals surface area contributed by atoms with E-state index in [2.05, 4.69) is 0 Å². The van der Waals surface area contributed by atoms with Crippen LogP contribution in [-0.2, 0) is 9.84 Å². The van der Waals surface area contributed by atoms with Crippen molar-refractivity contribution in [1.29, 1.82) is 0 Å². The molecule has 0 atom stereocenters. The van der Waals surface area contributed by atoms with E-state index in [4.69, 9.17) is 9.47 Å². The first-order valence-electron chi connectivity index (χ1n) is 6.95. The zero-order valence-corrected chi connectivity index (χ0v) is 14.5. The van der Waals surface area contributed by atoms with Gasteiger partial charge in [0.2, 0.25) is 0 Å². The first kappa shape index (κ1) is 17.7. The molecular formula is C16H17NO6S. The molecule has 24 heavy (non-hydrogen) atoms. The fourth-order valence-electron chi connectivity index (χ4n) is 2.32. The van der Waals surface area contributed by atoms with E-state index < -0.39 is 14.8 Å². The topological polar surface area (TPSA) is 95.7 Å². The second kappa shape index (κ2) is 6.48.